The van der Waals surface area contributed by atoms with E-state index in [1.807, 2.05) is 6.92 Å². The summed E-state index contributed by atoms with van der Waals surface area (Å²) < 4.78 is 0. The van der Waals surface area contributed by atoms with Crippen LogP contribution in [0.15, 0.2) is 18.2 Å². The summed E-state index contributed by atoms with van der Waals surface area (Å²) in [5.41, 5.74) is 1.30. The Labute approximate surface area is 88.4 Å². The molecule has 0 bridgehead atoms. The first kappa shape index (κ1) is 10.2. The molecule has 0 saturated heterocycles. The fraction of sp³-hybridized carbons (Fsp3) is 0.417. The lowest BCUT2D eigenvalue weighted by molar-refractivity contribution is -0.0393. The van der Waals surface area contributed by atoms with E-state index in [1.54, 1.807) is 18.2 Å². The van der Waals surface area contributed by atoms with Crippen LogP contribution in [0.3, 0.4) is 0 Å². The third-order valence-corrected chi connectivity index (χ3v) is 3.16. The summed E-state index contributed by atoms with van der Waals surface area (Å²) in [6.45, 7) is 1.85. The van der Waals surface area contributed by atoms with Crippen molar-refractivity contribution in [1.82, 2.24) is 0 Å². The van der Waals surface area contributed by atoms with Gasteiger partial charge < -0.3 is 10.2 Å². The predicted octanol–water partition coefficient (Wildman–Crippen LogP) is 2.06. The van der Waals surface area contributed by atoms with E-state index in [4.69, 9.17) is 5.11 Å². The Morgan fingerprint density at radius 1 is 1.40 bits per heavy atom. The molecular weight excluding hydrogens is 192 g/mol. The zero-order valence-corrected chi connectivity index (χ0v) is 8.66. The van der Waals surface area contributed by atoms with Crippen molar-refractivity contribution in [2.75, 3.05) is 0 Å². The maximum absolute atomic E-state index is 10.7. The Hall–Kier alpha value is -1.35. The second-order valence-corrected chi connectivity index (χ2v) is 4.22. The minimum atomic E-state index is -0.926. The van der Waals surface area contributed by atoms with E-state index >= 15 is 0 Å². The SMILES string of the molecule is Cc1cc(C(=O)O)ccc1C1(O)CCC1. The summed E-state index contributed by atoms with van der Waals surface area (Å²) in [5.74, 6) is -0.926. The lowest BCUT2D eigenvalue weighted by Gasteiger charge is -2.38. The second-order valence-electron chi connectivity index (χ2n) is 4.22. The molecule has 0 aromatic heterocycles. The van der Waals surface area contributed by atoms with E-state index in [0.717, 1.165) is 30.4 Å². The van der Waals surface area contributed by atoms with Gasteiger partial charge in [0, 0.05) is 0 Å². The predicted molar refractivity (Wildman–Crippen MR) is 55.9 cm³/mol. The van der Waals surface area contributed by atoms with Crippen LogP contribution in [-0.2, 0) is 5.60 Å². The highest BCUT2D eigenvalue weighted by molar-refractivity contribution is 5.87. The van der Waals surface area contributed by atoms with Crippen LogP contribution in [0.5, 0.6) is 0 Å². The summed E-state index contributed by atoms with van der Waals surface area (Å²) >= 11 is 0. The van der Waals surface area contributed by atoms with Gasteiger partial charge in [-0.15, -0.1) is 0 Å². The highest BCUT2D eigenvalue weighted by atomic mass is 16.4. The molecule has 3 heteroatoms. The molecule has 1 aromatic carbocycles. The number of aryl methyl sites for hydroxylation is 1. The fourth-order valence-corrected chi connectivity index (χ4v) is 2.10. The number of aromatic carboxylic acids is 1. The smallest absolute Gasteiger partial charge is 0.335 e. The topological polar surface area (TPSA) is 57.5 Å². The number of hydrogen-bond acceptors (Lipinski definition) is 2. The number of aliphatic hydroxyl groups is 1. The zero-order chi connectivity index (χ0) is 11.1. The molecular formula is C12H14O3. The van der Waals surface area contributed by atoms with Crippen molar-refractivity contribution in [2.24, 2.45) is 0 Å². The highest BCUT2D eigenvalue weighted by Gasteiger charge is 2.37. The maximum Gasteiger partial charge on any atom is 0.335 e. The van der Waals surface area contributed by atoms with Crippen molar-refractivity contribution in [3.05, 3.63) is 34.9 Å². The molecule has 3 nitrogen and oxygen atoms in total. The molecule has 2 rings (SSSR count). The number of carboxylic acids is 1. The molecule has 0 heterocycles. The molecule has 0 amide bonds. The Balaban J connectivity index is 2.38. The van der Waals surface area contributed by atoms with Crippen LogP contribution in [0.4, 0.5) is 0 Å². The quantitative estimate of drug-likeness (QED) is 0.778. The van der Waals surface area contributed by atoms with Gasteiger partial charge >= 0.3 is 5.97 Å². The lowest BCUT2D eigenvalue weighted by atomic mass is 9.73. The van der Waals surface area contributed by atoms with Crippen LogP contribution < -0.4 is 0 Å². The second kappa shape index (κ2) is 3.35. The van der Waals surface area contributed by atoms with E-state index in [-0.39, 0.29) is 5.56 Å². The third kappa shape index (κ3) is 1.63. The fourth-order valence-electron chi connectivity index (χ4n) is 2.10. The number of benzene rings is 1. The molecule has 15 heavy (non-hydrogen) atoms. The number of carbonyl (C=O) groups is 1. The first-order valence-corrected chi connectivity index (χ1v) is 5.10. The van der Waals surface area contributed by atoms with Crippen molar-refractivity contribution >= 4 is 5.97 Å². The highest BCUT2D eigenvalue weighted by Crippen LogP contribution is 2.42. The number of carboxylic acid groups (broad SMARTS) is 1. The van der Waals surface area contributed by atoms with Gasteiger partial charge in [-0.2, -0.15) is 0 Å². The third-order valence-electron chi connectivity index (χ3n) is 3.16. The molecule has 80 valence electrons. The van der Waals surface area contributed by atoms with E-state index < -0.39 is 11.6 Å². The minimum absolute atomic E-state index is 0.277. The molecule has 0 spiro atoms. The van der Waals surface area contributed by atoms with E-state index in [0.29, 0.717) is 0 Å². The summed E-state index contributed by atoms with van der Waals surface area (Å²) in [5, 5.41) is 19.0. The summed E-state index contributed by atoms with van der Waals surface area (Å²) in [7, 11) is 0. The van der Waals surface area contributed by atoms with Crippen LogP contribution >= 0.6 is 0 Å². The van der Waals surface area contributed by atoms with Gasteiger partial charge in [0.2, 0.25) is 0 Å². The van der Waals surface area contributed by atoms with Gasteiger partial charge in [0.1, 0.15) is 0 Å². The molecule has 1 aliphatic carbocycles. The lowest BCUT2D eigenvalue weighted by Crippen LogP contribution is -2.34. The monoisotopic (exact) mass is 206 g/mol. The van der Waals surface area contributed by atoms with Gasteiger partial charge in [0.25, 0.3) is 0 Å². The van der Waals surface area contributed by atoms with Crippen LogP contribution in [-0.4, -0.2) is 16.2 Å². The van der Waals surface area contributed by atoms with Crippen molar-refractivity contribution in [1.29, 1.82) is 0 Å². The number of hydrogen-bond donors (Lipinski definition) is 2. The Morgan fingerprint density at radius 3 is 2.47 bits per heavy atom. The zero-order valence-electron chi connectivity index (χ0n) is 8.66. The van der Waals surface area contributed by atoms with Crippen LogP contribution in [0.2, 0.25) is 0 Å². The van der Waals surface area contributed by atoms with Gasteiger partial charge in [0.15, 0.2) is 0 Å². The van der Waals surface area contributed by atoms with Crippen molar-refractivity contribution in [3.8, 4) is 0 Å². The van der Waals surface area contributed by atoms with Crippen LogP contribution in [0, 0.1) is 6.92 Å². The average molecular weight is 206 g/mol. The summed E-state index contributed by atoms with van der Waals surface area (Å²) in [6.07, 6.45) is 2.59. The molecule has 0 unspecified atom stereocenters. The molecule has 1 fully saturated rings. The van der Waals surface area contributed by atoms with Crippen LogP contribution in [0.1, 0.15) is 40.7 Å². The van der Waals surface area contributed by atoms with Gasteiger partial charge in [-0.25, -0.2) is 4.79 Å². The van der Waals surface area contributed by atoms with Crippen molar-refractivity contribution in [2.45, 2.75) is 31.8 Å². The molecule has 1 saturated carbocycles. The minimum Gasteiger partial charge on any atom is -0.478 e. The van der Waals surface area contributed by atoms with Gasteiger partial charge in [-0.1, -0.05) is 6.07 Å². The molecule has 2 N–H and O–H groups in total. The Bertz CT molecular complexity index is 405. The van der Waals surface area contributed by atoms with E-state index in [2.05, 4.69) is 0 Å². The Kier molecular flexibility index (Phi) is 2.27. The van der Waals surface area contributed by atoms with Crippen LogP contribution in [0.25, 0.3) is 0 Å². The molecule has 0 radical (unpaired) electrons. The molecule has 0 atom stereocenters. The largest absolute Gasteiger partial charge is 0.478 e. The standard InChI is InChI=1S/C12H14O3/c1-8-7-9(11(13)14)3-4-10(8)12(15)5-2-6-12/h3-4,7,15H,2,5-6H2,1H3,(H,13,14). The first-order chi connectivity index (χ1) is 7.03. The molecule has 1 aliphatic rings. The Morgan fingerprint density at radius 2 is 2.07 bits per heavy atom. The molecule has 0 aliphatic heterocycles. The van der Waals surface area contributed by atoms with Gasteiger partial charge in [-0.05, 0) is 49.4 Å². The maximum atomic E-state index is 10.7. The summed E-state index contributed by atoms with van der Waals surface area (Å²) in [4.78, 5) is 10.7. The first-order valence-electron chi connectivity index (χ1n) is 5.10. The van der Waals surface area contributed by atoms with E-state index in [1.165, 1.54) is 0 Å². The van der Waals surface area contributed by atoms with E-state index in [9.17, 15) is 9.90 Å². The number of rotatable bonds is 2. The summed E-state index contributed by atoms with van der Waals surface area (Å²) in [6, 6.07) is 4.91. The molecule has 1 aromatic rings. The van der Waals surface area contributed by atoms with Crippen molar-refractivity contribution in [3.63, 3.8) is 0 Å². The van der Waals surface area contributed by atoms with Gasteiger partial charge in [-0.3, -0.25) is 0 Å². The average Bonchev–Trinajstić information content (AvgIpc) is 2.14. The van der Waals surface area contributed by atoms with Gasteiger partial charge in [0.05, 0.1) is 11.2 Å². The normalized spacial score (nSPS) is 18.3. The van der Waals surface area contributed by atoms with Crippen molar-refractivity contribution < 1.29 is 15.0 Å².